The van der Waals surface area contributed by atoms with Gasteiger partial charge in [-0.05, 0) is 46.6 Å². The van der Waals surface area contributed by atoms with Gasteiger partial charge in [0.25, 0.3) is 0 Å². The van der Waals surface area contributed by atoms with E-state index in [0.717, 1.165) is 0 Å². The first kappa shape index (κ1) is 36.2. The van der Waals surface area contributed by atoms with Crippen LogP contribution < -0.4 is 10.9 Å². The quantitative estimate of drug-likeness (QED) is 0.199. The Morgan fingerprint density at radius 2 is 1.33 bits per heavy atom. The third-order valence-electron chi connectivity index (χ3n) is 8.94. The zero-order chi connectivity index (χ0) is 32.9. The van der Waals surface area contributed by atoms with Gasteiger partial charge in [0.1, 0.15) is 29.1 Å². The number of hydrogen-bond acceptors (Lipinski definition) is 8. The fourth-order valence-corrected chi connectivity index (χ4v) is 5.96. The van der Waals surface area contributed by atoms with E-state index in [9.17, 15) is 24.6 Å². The second-order valence-corrected chi connectivity index (χ2v) is 12.1. The van der Waals surface area contributed by atoms with Gasteiger partial charge in [0.15, 0.2) is 10.9 Å². The van der Waals surface area contributed by atoms with Crippen molar-refractivity contribution in [1.29, 1.82) is 0 Å². The van der Waals surface area contributed by atoms with E-state index in [0.29, 0.717) is 63.7 Å². The Morgan fingerprint density at radius 1 is 0.814 bits per heavy atom. The van der Waals surface area contributed by atoms with Gasteiger partial charge in [-0.3, -0.25) is 14.4 Å². The summed E-state index contributed by atoms with van der Waals surface area (Å²) in [6.07, 6.45) is 0.645. The van der Waals surface area contributed by atoms with Crippen LogP contribution in [-0.2, 0) is 16.0 Å². The molecular weight excluding hydrogens is 548 g/mol. The first-order valence-electron chi connectivity index (χ1n) is 15.5. The molecule has 0 aliphatic heterocycles. The van der Waals surface area contributed by atoms with Gasteiger partial charge < -0.3 is 23.8 Å². The zero-order valence-electron chi connectivity index (χ0n) is 28.1. The third-order valence-corrected chi connectivity index (χ3v) is 8.94. The summed E-state index contributed by atoms with van der Waals surface area (Å²) >= 11 is 0. The Bertz CT molecular complexity index is 1430. The van der Waals surface area contributed by atoms with E-state index in [-0.39, 0.29) is 29.1 Å². The largest absolute Gasteiger partial charge is 0.465 e. The van der Waals surface area contributed by atoms with Crippen LogP contribution in [0.3, 0.4) is 0 Å². The van der Waals surface area contributed by atoms with E-state index in [1.54, 1.807) is 41.5 Å². The summed E-state index contributed by atoms with van der Waals surface area (Å²) < 4.78 is 18.3. The Kier molecular flexibility index (Phi) is 12.8. The summed E-state index contributed by atoms with van der Waals surface area (Å²) in [6, 6.07) is 0. The number of allylic oxidation sites excluding steroid dienone is 1. The van der Waals surface area contributed by atoms with Crippen molar-refractivity contribution in [2.75, 3.05) is 0 Å². The molecule has 8 heteroatoms. The van der Waals surface area contributed by atoms with Crippen LogP contribution in [0.5, 0.6) is 0 Å². The van der Waals surface area contributed by atoms with Crippen LogP contribution >= 0.6 is 0 Å². The smallest absolute Gasteiger partial charge is 0.305 e. The predicted molar refractivity (Wildman–Crippen MR) is 169 cm³/mol. The molecule has 0 unspecified atom stereocenters. The Labute approximate surface area is 256 Å². The first-order valence-corrected chi connectivity index (χ1v) is 15.5. The molecule has 0 bridgehead atoms. The van der Waals surface area contributed by atoms with Crippen molar-refractivity contribution in [3.8, 4) is 0 Å². The summed E-state index contributed by atoms with van der Waals surface area (Å²) in [6.45, 7) is 21.6. The maximum Gasteiger partial charge on any atom is 0.305 e. The Morgan fingerprint density at radius 3 is 1.84 bits per heavy atom. The molecule has 0 aliphatic carbocycles. The topological polar surface area (TPSA) is 127 Å². The summed E-state index contributed by atoms with van der Waals surface area (Å²) in [5, 5.41) is 22.0. The van der Waals surface area contributed by atoms with E-state index in [1.165, 1.54) is 0 Å². The van der Waals surface area contributed by atoms with Gasteiger partial charge in [0.2, 0.25) is 0 Å². The molecule has 0 spiro atoms. The van der Waals surface area contributed by atoms with E-state index in [4.69, 9.17) is 13.6 Å². The molecule has 0 amide bonds. The lowest BCUT2D eigenvalue weighted by molar-refractivity contribution is -0.154. The molecular formula is C35H52O8. The maximum absolute atomic E-state index is 13.1. The van der Waals surface area contributed by atoms with Crippen LogP contribution in [0.25, 0.3) is 0 Å². The van der Waals surface area contributed by atoms with E-state index < -0.39 is 36.1 Å². The average molecular weight is 601 g/mol. The number of hydrogen-bond donors (Lipinski definition) is 2. The molecule has 8 nitrogen and oxygen atoms in total. The number of ether oxygens (including phenoxy) is 1. The molecule has 2 aromatic heterocycles. The molecule has 0 saturated heterocycles. The monoisotopic (exact) mass is 600 g/mol. The number of carbonyl (C=O) groups excluding carboxylic acids is 1. The second kappa shape index (κ2) is 15.2. The minimum Gasteiger partial charge on any atom is -0.465 e. The van der Waals surface area contributed by atoms with Crippen molar-refractivity contribution >= 4 is 5.97 Å². The van der Waals surface area contributed by atoms with Crippen molar-refractivity contribution in [2.45, 2.75) is 138 Å². The van der Waals surface area contributed by atoms with E-state index >= 15 is 0 Å². The number of rotatable bonds is 13. The van der Waals surface area contributed by atoms with Gasteiger partial charge in [0, 0.05) is 52.8 Å². The van der Waals surface area contributed by atoms with Gasteiger partial charge in [0.05, 0.1) is 18.1 Å². The maximum atomic E-state index is 13.1. The van der Waals surface area contributed by atoms with Crippen LogP contribution in [0.4, 0.5) is 0 Å². The molecule has 2 heterocycles. The fraction of sp³-hybridized carbons (Fsp3) is 0.629. The van der Waals surface area contributed by atoms with Crippen molar-refractivity contribution in [3.05, 3.63) is 77.4 Å². The van der Waals surface area contributed by atoms with E-state index in [1.807, 2.05) is 47.6 Å². The summed E-state index contributed by atoms with van der Waals surface area (Å²) in [4.78, 5) is 38.6. The van der Waals surface area contributed by atoms with Crippen molar-refractivity contribution in [1.82, 2.24) is 0 Å². The minimum atomic E-state index is -1.01. The molecule has 0 fully saturated rings. The van der Waals surface area contributed by atoms with Crippen molar-refractivity contribution < 1.29 is 28.6 Å². The number of aryl methyl sites for hydroxylation is 1. The van der Waals surface area contributed by atoms with Crippen LogP contribution in [0.2, 0.25) is 0 Å². The highest BCUT2D eigenvalue weighted by atomic mass is 16.5. The zero-order valence-corrected chi connectivity index (χ0v) is 28.1. The number of aliphatic hydroxyl groups excluding tert-OH is 2. The third kappa shape index (κ3) is 7.76. The lowest BCUT2D eigenvalue weighted by Crippen LogP contribution is -2.38. The Balaban J connectivity index is 2.52. The lowest BCUT2D eigenvalue weighted by atomic mass is 9.83. The van der Waals surface area contributed by atoms with Crippen LogP contribution in [-0.4, -0.2) is 34.5 Å². The van der Waals surface area contributed by atoms with Gasteiger partial charge in [-0.15, -0.1) is 0 Å². The highest BCUT2D eigenvalue weighted by molar-refractivity contribution is 5.69. The van der Waals surface area contributed by atoms with Gasteiger partial charge in [-0.25, -0.2) is 0 Å². The highest BCUT2D eigenvalue weighted by Gasteiger charge is 2.36. The minimum absolute atomic E-state index is 0.0984. The standard InChI is InChI=1S/C35H52O8/c1-13-26(36)19(6)33-24(11)31(40)22(9)32(43-33)18(5)16-17(4)29(38)21(8)35(42-28(37)15-3)25(12)34-23(10)30(39)20(7)27(14-2)41-34/h16,18-19,21,25-26,29,35-36,38H,13-15H2,1-12H3/b17-16+/t18-,19+,21+,25+,26+,29-,35-/m1/s1. The summed E-state index contributed by atoms with van der Waals surface area (Å²) in [5.41, 5.74) is 2.40. The first-order chi connectivity index (χ1) is 20.0. The molecule has 240 valence electrons. The number of esters is 1. The summed E-state index contributed by atoms with van der Waals surface area (Å²) in [7, 11) is 0. The molecule has 0 aromatic carbocycles. The van der Waals surface area contributed by atoms with Crippen LogP contribution in [0, 0.1) is 33.6 Å². The van der Waals surface area contributed by atoms with Crippen molar-refractivity contribution in [3.63, 3.8) is 0 Å². The normalized spacial score (nSPS) is 17.1. The lowest BCUT2D eigenvalue weighted by Gasteiger charge is -2.33. The molecule has 2 rings (SSSR count). The van der Waals surface area contributed by atoms with E-state index in [2.05, 4.69) is 0 Å². The summed E-state index contributed by atoms with van der Waals surface area (Å²) in [5.74, 6) is -0.217. The van der Waals surface area contributed by atoms with Gasteiger partial charge >= 0.3 is 5.97 Å². The fourth-order valence-electron chi connectivity index (χ4n) is 5.96. The molecule has 0 saturated carbocycles. The number of carbonyl (C=O) groups is 1. The molecule has 2 N–H and O–H groups in total. The predicted octanol–water partition coefficient (Wildman–Crippen LogP) is 6.44. The van der Waals surface area contributed by atoms with Gasteiger partial charge in [-0.1, -0.05) is 54.5 Å². The molecule has 2 aromatic rings. The second-order valence-electron chi connectivity index (χ2n) is 12.1. The number of aliphatic hydroxyl groups is 2. The molecule has 43 heavy (non-hydrogen) atoms. The highest BCUT2D eigenvalue weighted by Crippen LogP contribution is 2.34. The molecule has 7 atom stereocenters. The van der Waals surface area contributed by atoms with Crippen LogP contribution in [0.15, 0.2) is 30.1 Å². The molecule has 0 radical (unpaired) electrons. The SMILES string of the molecule is CCC(=O)O[C@H]([C@@H](C)[C@H](O)/C(C)=C/[C@@H](C)c1oc([C@@H](C)[C@@H](O)CC)c(C)c(=O)c1C)[C@@H](C)c1oc(CC)c(C)c(=O)c1C. The van der Waals surface area contributed by atoms with Gasteiger partial charge in [-0.2, -0.15) is 0 Å². The van der Waals surface area contributed by atoms with Crippen LogP contribution in [0.1, 0.15) is 131 Å². The average Bonchev–Trinajstić information content (AvgIpc) is 2.99. The molecule has 0 aliphatic rings. The Hall–Kier alpha value is -2.97. The van der Waals surface area contributed by atoms with Crippen molar-refractivity contribution in [2.24, 2.45) is 5.92 Å².